The topological polar surface area (TPSA) is 37.4 Å². The van der Waals surface area contributed by atoms with Gasteiger partial charge < -0.3 is 0 Å². The zero-order chi connectivity index (χ0) is 12.4. The second kappa shape index (κ2) is 4.86. The van der Waals surface area contributed by atoms with E-state index in [0.717, 1.165) is 25.7 Å². The van der Waals surface area contributed by atoms with Crippen LogP contribution in [0.1, 0.15) is 32.6 Å². The molecule has 2 aliphatic rings. The zero-order valence-corrected chi connectivity index (χ0v) is 10.3. The van der Waals surface area contributed by atoms with Crippen molar-refractivity contribution in [1.29, 1.82) is 0 Å². The van der Waals surface area contributed by atoms with Gasteiger partial charge in [-0.05, 0) is 44.4 Å². The van der Waals surface area contributed by atoms with Gasteiger partial charge in [-0.1, -0.05) is 12.2 Å². The Morgan fingerprint density at radius 1 is 1.24 bits per heavy atom. The number of imide groups is 1. The van der Waals surface area contributed by atoms with Crippen LogP contribution in [0.15, 0.2) is 24.3 Å². The van der Waals surface area contributed by atoms with Gasteiger partial charge >= 0.3 is 0 Å². The highest BCUT2D eigenvalue weighted by Crippen LogP contribution is 2.33. The summed E-state index contributed by atoms with van der Waals surface area (Å²) in [6.45, 7) is 6.68. The lowest BCUT2D eigenvalue weighted by Crippen LogP contribution is -2.36. The van der Waals surface area contributed by atoms with Gasteiger partial charge in [-0.3, -0.25) is 14.5 Å². The summed E-state index contributed by atoms with van der Waals surface area (Å²) < 4.78 is 0. The van der Waals surface area contributed by atoms with Gasteiger partial charge in [0.1, 0.15) is 0 Å². The van der Waals surface area contributed by atoms with Crippen LogP contribution in [-0.4, -0.2) is 23.3 Å². The maximum absolute atomic E-state index is 11.4. The van der Waals surface area contributed by atoms with Crippen LogP contribution < -0.4 is 0 Å². The Labute approximate surface area is 102 Å². The van der Waals surface area contributed by atoms with E-state index in [9.17, 15) is 9.59 Å². The molecule has 0 unspecified atom stereocenters. The maximum Gasteiger partial charge on any atom is 0.253 e. The van der Waals surface area contributed by atoms with Crippen LogP contribution in [0.25, 0.3) is 0 Å². The average molecular weight is 233 g/mol. The van der Waals surface area contributed by atoms with Crippen LogP contribution in [0.2, 0.25) is 0 Å². The van der Waals surface area contributed by atoms with Gasteiger partial charge in [0.25, 0.3) is 11.8 Å². The Morgan fingerprint density at radius 2 is 1.76 bits per heavy atom. The zero-order valence-electron chi connectivity index (χ0n) is 10.3. The van der Waals surface area contributed by atoms with Crippen LogP contribution in [0, 0.1) is 11.8 Å². The normalized spacial score (nSPS) is 28.9. The van der Waals surface area contributed by atoms with Gasteiger partial charge in [-0.25, -0.2) is 0 Å². The summed E-state index contributed by atoms with van der Waals surface area (Å²) in [5.74, 6) is 0.793. The molecule has 0 aromatic carbocycles. The molecule has 1 aliphatic heterocycles. The molecule has 2 rings (SSSR count). The first kappa shape index (κ1) is 12.1. The van der Waals surface area contributed by atoms with Crippen molar-refractivity contribution in [2.24, 2.45) is 11.8 Å². The van der Waals surface area contributed by atoms with Gasteiger partial charge in [-0.2, -0.15) is 0 Å². The molecule has 0 aromatic heterocycles. The molecule has 17 heavy (non-hydrogen) atoms. The van der Waals surface area contributed by atoms with Crippen molar-refractivity contribution in [1.82, 2.24) is 4.90 Å². The molecule has 1 aliphatic carbocycles. The smallest absolute Gasteiger partial charge is 0.253 e. The molecule has 1 heterocycles. The summed E-state index contributed by atoms with van der Waals surface area (Å²) in [6.07, 6.45) is 7.19. The minimum atomic E-state index is -0.156. The predicted octanol–water partition coefficient (Wildman–Crippen LogP) is 2.29. The minimum Gasteiger partial charge on any atom is -0.275 e. The fourth-order valence-corrected chi connectivity index (χ4v) is 2.71. The van der Waals surface area contributed by atoms with Crippen molar-refractivity contribution in [3.8, 4) is 0 Å². The summed E-state index contributed by atoms with van der Waals surface area (Å²) in [5.41, 5.74) is 1.26. The number of hydrogen-bond donors (Lipinski definition) is 0. The summed E-state index contributed by atoms with van der Waals surface area (Å²) >= 11 is 0. The van der Waals surface area contributed by atoms with Crippen LogP contribution in [-0.2, 0) is 9.59 Å². The number of carbonyl (C=O) groups is 2. The Hall–Kier alpha value is -1.38. The number of amides is 2. The molecule has 1 fully saturated rings. The number of carbonyl (C=O) groups excluding carboxylic acids is 2. The fraction of sp³-hybridized carbons (Fsp3) is 0.571. The lowest BCUT2D eigenvalue weighted by atomic mass is 9.79. The Balaban J connectivity index is 1.84. The van der Waals surface area contributed by atoms with Crippen molar-refractivity contribution in [2.75, 3.05) is 6.54 Å². The van der Waals surface area contributed by atoms with Gasteiger partial charge in [0.2, 0.25) is 0 Å². The van der Waals surface area contributed by atoms with E-state index in [2.05, 4.69) is 13.5 Å². The predicted molar refractivity (Wildman–Crippen MR) is 66.1 cm³/mol. The Bertz CT molecular complexity index is 358. The van der Waals surface area contributed by atoms with E-state index >= 15 is 0 Å². The van der Waals surface area contributed by atoms with Crippen molar-refractivity contribution in [3.63, 3.8) is 0 Å². The molecular weight excluding hydrogens is 214 g/mol. The quantitative estimate of drug-likeness (QED) is 0.554. The first-order chi connectivity index (χ1) is 8.08. The van der Waals surface area contributed by atoms with E-state index in [1.165, 1.54) is 22.6 Å². The fourth-order valence-electron chi connectivity index (χ4n) is 2.71. The summed E-state index contributed by atoms with van der Waals surface area (Å²) in [6, 6.07) is 0. The molecule has 0 N–H and O–H groups in total. The first-order valence-corrected chi connectivity index (χ1v) is 6.27. The molecule has 3 nitrogen and oxygen atoms in total. The molecule has 92 valence electrons. The maximum atomic E-state index is 11.4. The lowest BCUT2D eigenvalue weighted by molar-refractivity contribution is -0.137. The van der Waals surface area contributed by atoms with Crippen molar-refractivity contribution >= 4 is 11.8 Å². The highest BCUT2D eigenvalue weighted by Gasteiger charge is 2.29. The highest BCUT2D eigenvalue weighted by molar-refractivity contribution is 6.12. The second-order valence-electron chi connectivity index (χ2n) is 5.18. The van der Waals surface area contributed by atoms with Crippen LogP contribution in [0.3, 0.4) is 0 Å². The SMILES string of the molecule is C=C(C)C1CCC(CN2C(=O)C=CC2=O)CC1. The first-order valence-electron chi connectivity index (χ1n) is 6.27. The van der Waals surface area contributed by atoms with Crippen molar-refractivity contribution in [3.05, 3.63) is 24.3 Å². The molecule has 0 radical (unpaired) electrons. The highest BCUT2D eigenvalue weighted by atomic mass is 16.2. The van der Waals surface area contributed by atoms with Gasteiger partial charge in [0.15, 0.2) is 0 Å². The lowest BCUT2D eigenvalue weighted by Gasteiger charge is -2.30. The number of allylic oxidation sites excluding steroid dienone is 1. The number of rotatable bonds is 3. The average Bonchev–Trinajstić information content (AvgIpc) is 2.61. The standard InChI is InChI=1S/C14H19NO2/c1-10(2)12-5-3-11(4-6-12)9-15-13(16)7-8-14(15)17/h7-8,11-12H,1,3-6,9H2,2H3. The van der Waals surface area contributed by atoms with E-state index in [-0.39, 0.29) is 11.8 Å². The molecular formula is C14H19NO2. The van der Waals surface area contributed by atoms with E-state index in [0.29, 0.717) is 18.4 Å². The molecule has 3 heteroatoms. The van der Waals surface area contributed by atoms with Crippen molar-refractivity contribution < 1.29 is 9.59 Å². The van der Waals surface area contributed by atoms with Crippen LogP contribution in [0.5, 0.6) is 0 Å². The summed E-state index contributed by atoms with van der Waals surface area (Å²) in [4.78, 5) is 24.2. The monoisotopic (exact) mass is 233 g/mol. The summed E-state index contributed by atoms with van der Waals surface area (Å²) in [7, 11) is 0. The van der Waals surface area contributed by atoms with E-state index < -0.39 is 0 Å². The molecule has 0 atom stereocenters. The third-order valence-corrected chi connectivity index (χ3v) is 3.88. The Morgan fingerprint density at radius 3 is 2.24 bits per heavy atom. The van der Waals surface area contributed by atoms with Gasteiger partial charge in [-0.15, -0.1) is 0 Å². The third kappa shape index (κ3) is 2.65. The van der Waals surface area contributed by atoms with Gasteiger partial charge in [0.05, 0.1) is 0 Å². The molecule has 0 aromatic rings. The number of nitrogens with zero attached hydrogens (tertiary/aromatic N) is 1. The van der Waals surface area contributed by atoms with Crippen LogP contribution >= 0.6 is 0 Å². The van der Waals surface area contributed by atoms with Crippen molar-refractivity contribution in [2.45, 2.75) is 32.6 Å². The van der Waals surface area contributed by atoms with Gasteiger partial charge in [0, 0.05) is 18.7 Å². The minimum absolute atomic E-state index is 0.156. The molecule has 2 amide bonds. The van der Waals surface area contributed by atoms with E-state index in [4.69, 9.17) is 0 Å². The Kier molecular flexibility index (Phi) is 3.46. The molecule has 0 saturated heterocycles. The molecule has 1 saturated carbocycles. The summed E-state index contributed by atoms with van der Waals surface area (Å²) in [5, 5.41) is 0. The number of hydrogen-bond acceptors (Lipinski definition) is 2. The molecule has 0 spiro atoms. The molecule has 0 bridgehead atoms. The van der Waals surface area contributed by atoms with E-state index in [1.807, 2.05) is 0 Å². The largest absolute Gasteiger partial charge is 0.275 e. The third-order valence-electron chi connectivity index (χ3n) is 3.88. The van der Waals surface area contributed by atoms with Crippen LogP contribution in [0.4, 0.5) is 0 Å². The second-order valence-corrected chi connectivity index (χ2v) is 5.18. The van der Waals surface area contributed by atoms with E-state index in [1.54, 1.807) is 0 Å².